The maximum absolute atomic E-state index is 10.0. The summed E-state index contributed by atoms with van der Waals surface area (Å²) in [6.07, 6.45) is 0.638. The maximum atomic E-state index is 10.0. The number of aliphatic hydroxyl groups excluding tert-OH is 1. The van der Waals surface area contributed by atoms with Crippen LogP contribution in [0.1, 0.15) is 18.0 Å². The molecule has 0 aliphatic carbocycles. The Bertz CT molecular complexity index is 499. The fourth-order valence-corrected chi connectivity index (χ4v) is 3.65. The van der Waals surface area contributed by atoms with Crippen LogP contribution < -0.4 is 10.1 Å². The van der Waals surface area contributed by atoms with E-state index in [1.807, 2.05) is 6.07 Å². The highest BCUT2D eigenvalue weighted by Crippen LogP contribution is 2.45. The van der Waals surface area contributed by atoms with Crippen molar-refractivity contribution in [3.63, 3.8) is 0 Å². The number of nitrogens with one attached hydrogen (secondary N) is 1. The highest BCUT2D eigenvalue weighted by molar-refractivity contribution is 9.13. The van der Waals surface area contributed by atoms with Crippen LogP contribution in [0.5, 0.6) is 11.5 Å². The molecule has 0 amide bonds. The number of hydrogen-bond donors (Lipinski definition) is 3. The van der Waals surface area contributed by atoms with Gasteiger partial charge in [0.25, 0.3) is 0 Å². The molecule has 1 aliphatic rings. The van der Waals surface area contributed by atoms with Crippen molar-refractivity contribution in [2.75, 3.05) is 39.9 Å². The molecular formula is C14H21Br2ClN2O3. The fraction of sp³-hybridized carbons (Fsp3) is 0.571. The van der Waals surface area contributed by atoms with Gasteiger partial charge in [0.1, 0.15) is 0 Å². The molecule has 1 aromatic carbocycles. The van der Waals surface area contributed by atoms with Gasteiger partial charge in [0, 0.05) is 43.3 Å². The quantitative estimate of drug-likeness (QED) is 0.631. The lowest BCUT2D eigenvalue weighted by atomic mass is 10.0. The van der Waals surface area contributed by atoms with Crippen molar-refractivity contribution in [1.29, 1.82) is 0 Å². The Balaban J connectivity index is 0.00000242. The van der Waals surface area contributed by atoms with E-state index in [9.17, 15) is 10.2 Å². The monoisotopic (exact) mass is 458 g/mol. The molecule has 0 bridgehead atoms. The van der Waals surface area contributed by atoms with Crippen molar-refractivity contribution in [1.82, 2.24) is 10.2 Å². The highest BCUT2D eigenvalue weighted by Gasteiger charge is 2.26. The first-order valence-corrected chi connectivity index (χ1v) is 8.49. The van der Waals surface area contributed by atoms with E-state index in [0.717, 1.165) is 36.2 Å². The van der Waals surface area contributed by atoms with Crippen LogP contribution in [0.25, 0.3) is 0 Å². The van der Waals surface area contributed by atoms with Crippen LogP contribution in [0, 0.1) is 0 Å². The molecule has 1 aromatic rings. The molecule has 0 aromatic heterocycles. The highest BCUT2D eigenvalue weighted by atomic mass is 79.9. The summed E-state index contributed by atoms with van der Waals surface area (Å²) >= 11 is 6.94. The summed E-state index contributed by atoms with van der Waals surface area (Å²) in [6.45, 7) is 3.85. The van der Waals surface area contributed by atoms with Crippen molar-refractivity contribution < 1.29 is 14.9 Å². The maximum Gasteiger partial charge on any atom is 0.173 e. The van der Waals surface area contributed by atoms with E-state index in [1.165, 1.54) is 7.11 Å². The minimum atomic E-state index is 0. The number of rotatable bonds is 5. The first kappa shape index (κ1) is 20.0. The number of halogens is 3. The number of nitrogens with zero attached hydrogens (tertiary/aromatic N) is 1. The predicted molar refractivity (Wildman–Crippen MR) is 96.2 cm³/mol. The summed E-state index contributed by atoms with van der Waals surface area (Å²) in [6, 6.07) is 1.92. The lowest BCUT2D eigenvalue weighted by Gasteiger charge is -2.35. The van der Waals surface area contributed by atoms with Crippen LogP contribution in [-0.2, 0) is 0 Å². The topological polar surface area (TPSA) is 65.0 Å². The molecular weight excluding hydrogens is 439 g/mol. The predicted octanol–water partition coefficient (Wildman–Crippen LogP) is 2.68. The molecule has 22 heavy (non-hydrogen) atoms. The number of phenolic OH excluding ortho intramolecular Hbond substituents is 1. The number of aromatic hydroxyl groups is 1. The van der Waals surface area contributed by atoms with Gasteiger partial charge in [0.15, 0.2) is 11.5 Å². The van der Waals surface area contributed by atoms with Crippen LogP contribution in [0.2, 0.25) is 0 Å². The second kappa shape index (κ2) is 9.30. The van der Waals surface area contributed by atoms with Crippen LogP contribution >= 0.6 is 44.3 Å². The van der Waals surface area contributed by atoms with Gasteiger partial charge in [-0.2, -0.15) is 0 Å². The third-order valence-corrected chi connectivity index (χ3v) is 5.91. The zero-order valence-electron chi connectivity index (χ0n) is 12.3. The smallest absolute Gasteiger partial charge is 0.173 e. The number of benzene rings is 1. The van der Waals surface area contributed by atoms with Gasteiger partial charge in [-0.25, -0.2) is 0 Å². The Morgan fingerprint density at radius 3 is 2.50 bits per heavy atom. The molecule has 1 fully saturated rings. The van der Waals surface area contributed by atoms with Gasteiger partial charge in [-0.15, -0.1) is 12.4 Å². The van der Waals surface area contributed by atoms with E-state index in [0.29, 0.717) is 16.6 Å². The van der Waals surface area contributed by atoms with Crippen molar-refractivity contribution >= 4 is 44.3 Å². The van der Waals surface area contributed by atoms with Crippen molar-refractivity contribution in [2.24, 2.45) is 0 Å². The molecule has 0 spiro atoms. The van der Waals surface area contributed by atoms with Gasteiger partial charge in [-0.1, -0.05) is 0 Å². The van der Waals surface area contributed by atoms with Crippen LogP contribution in [-0.4, -0.2) is 55.0 Å². The lowest BCUT2D eigenvalue weighted by molar-refractivity contribution is 0.140. The summed E-state index contributed by atoms with van der Waals surface area (Å²) in [5.74, 6) is 0.509. The van der Waals surface area contributed by atoms with Crippen LogP contribution in [0.4, 0.5) is 0 Å². The molecule has 8 heteroatoms. The van der Waals surface area contributed by atoms with Crippen LogP contribution in [0.15, 0.2) is 15.0 Å². The number of ether oxygens (including phenoxy) is 1. The van der Waals surface area contributed by atoms with E-state index in [1.54, 1.807) is 0 Å². The Hall–Kier alpha value is -0.0500. The first-order chi connectivity index (χ1) is 10.1. The zero-order chi connectivity index (χ0) is 15.4. The summed E-state index contributed by atoms with van der Waals surface area (Å²) in [7, 11) is 1.53. The largest absolute Gasteiger partial charge is 0.503 e. The normalized spacial score (nSPS) is 16.9. The average molecular weight is 461 g/mol. The third-order valence-electron chi connectivity index (χ3n) is 3.75. The average Bonchev–Trinajstić information content (AvgIpc) is 2.52. The summed E-state index contributed by atoms with van der Waals surface area (Å²) < 4.78 is 6.63. The number of hydrogen-bond acceptors (Lipinski definition) is 5. The van der Waals surface area contributed by atoms with Crippen LogP contribution in [0.3, 0.4) is 0 Å². The van der Waals surface area contributed by atoms with Gasteiger partial charge in [-0.3, -0.25) is 4.90 Å². The number of piperazine rings is 1. The molecule has 126 valence electrons. The molecule has 0 unspecified atom stereocenters. The Morgan fingerprint density at radius 1 is 1.32 bits per heavy atom. The number of phenols is 1. The van der Waals surface area contributed by atoms with Crippen molar-refractivity contribution in [2.45, 2.75) is 12.5 Å². The number of methoxy groups -OCH3 is 1. The van der Waals surface area contributed by atoms with Crippen molar-refractivity contribution in [3.05, 3.63) is 20.6 Å². The third kappa shape index (κ3) is 4.27. The second-order valence-electron chi connectivity index (χ2n) is 4.96. The van der Waals surface area contributed by atoms with Gasteiger partial charge < -0.3 is 20.3 Å². The van der Waals surface area contributed by atoms with Gasteiger partial charge in [0.2, 0.25) is 0 Å². The number of aliphatic hydroxyl groups is 1. The summed E-state index contributed by atoms with van der Waals surface area (Å²) in [5.41, 5.74) is 1.01. The zero-order valence-corrected chi connectivity index (χ0v) is 16.3. The molecule has 3 N–H and O–H groups in total. The summed E-state index contributed by atoms with van der Waals surface area (Å²) in [4.78, 5) is 2.34. The molecule has 1 heterocycles. The Morgan fingerprint density at radius 2 is 1.95 bits per heavy atom. The summed E-state index contributed by atoms with van der Waals surface area (Å²) in [5, 5.41) is 22.8. The molecule has 0 saturated carbocycles. The SMILES string of the molecule is COc1cc([C@H](CCO)N2CCNCC2)c(Br)c(Br)c1O.Cl. The molecule has 1 saturated heterocycles. The molecule has 0 radical (unpaired) electrons. The molecule has 1 atom stereocenters. The molecule has 2 rings (SSSR count). The van der Waals surface area contributed by atoms with E-state index in [2.05, 4.69) is 42.1 Å². The lowest BCUT2D eigenvalue weighted by Crippen LogP contribution is -2.45. The minimum Gasteiger partial charge on any atom is -0.503 e. The first-order valence-electron chi connectivity index (χ1n) is 6.90. The minimum absolute atomic E-state index is 0. The van der Waals surface area contributed by atoms with E-state index in [4.69, 9.17) is 4.74 Å². The standard InChI is InChI=1S/C14H20Br2N2O3.ClH/c1-21-11-8-9(12(15)13(16)14(11)20)10(2-7-19)18-5-3-17-4-6-18;/h8,10,17,19-20H,2-7H2,1H3;1H/t10-;/m0./s1. The molecule has 5 nitrogen and oxygen atoms in total. The van der Waals surface area contributed by atoms with E-state index >= 15 is 0 Å². The fourth-order valence-electron chi connectivity index (χ4n) is 2.66. The van der Waals surface area contributed by atoms with E-state index < -0.39 is 0 Å². The van der Waals surface area contributed by atoms with E-state index in [-0.39, 0.29) is 30.8 Å². The Labute approximate surface area is 153 Å². The van der Waals surface area contributed by atoms with Gasteiger partial charge in [-0.05, 0) is 49.9 Å². The van der Waals surface area contributed by atoms with Gasteiger partial charge >= 0.3 is 0 Å². The van der Waals surface area contributed by atoms with Crippen molar-refractivity contribution in [3.8, 4) is 11.5 Å². The molecule has 1 aliphatic heterocycles. The van der Waals surface area contributed by atoms with Gasteiger partial charge in [0.05, 0.1) is 11.6 Å². The second-order valence-corrected chi connectivity index (χ2v) is 6.54. The Kier molecular flexibility index (Phi) is 8.45.